The summed E-state index contributed by atoms with van der Waals surface area (Å²) < 4.78 is 0. The molecule has 0 aromatic heterocycles. The highest BCUT2D eigenvalue weighted by molar-refractivity contribution is 5.91. The maximum Gasteiger partial charge on any atom is 0.321 e. The van der Waals surface area contributed by atoms with E-state index in [0.717, 1.165) is 56.4 Å². The van der Waals surface area contributed by atoms with E-state index >= 15 is 0 Å². The molecule has 2 aromatic rings. The molecule has 1 heterocycles. The van der Waals surface area contributed by atoms with Crippen LogP contribution in [0.2, 0.25) is 0 Å². The predicted octanol–water partition coefficient (Wildman–Crippen LogP) is 4.17. The maximum absolute atomic E-state index is 12.7. The lowest BCUT2D eigenvalue weighted by Crippen LogP contribution is -2.42. The number of urea groups is 1. The number of rotatable bonds is 6. The highest BCUT2D eigenvalue weighted by Crippen LogP contribution is 2.48. The highest BCUT2D eigenvalue weighted by atomic mass is 16.2. The van der Waals surface area contributed by atoms with Crippen molar-refractivity contribution < 1.29 is 9.59 Å². The van der Waals surface area contributed by atoms with E-state index in [9.17, 15) is 9.59 Å². The minimum atomic E-state index is -0.292. The SMILES string of the molecule is O=C(Nc1ccccc1)N1CCC(CCNC(=O)C2(c3ccccc3)CC2)CC1. The number of benzene rings is 2. The van der Waals surface area contributed by atoms with Crippen molar-refractivity contribution in [1.82, 2.24) is 10.2 Å². The molecule has 1 aliphatic heterocycles. The standard InChI is InChI=1S/C24H29N3O2/c28-22(24(14-15-24)20-7-3-1-4-8-20)25-16-11-19-12-17-27(18-13-19)23(29)26-21-9-5-2-6-10-21/h1-10,19H,11-18H2,(H,25,28)(H,26,29). The second-order valence-corrected chi connectivity index (χ2v) is 8.22. The number of hydrogen-bond donors (Lipinski definition) is 2. The molecule has 5 heteroatoms. The van der Waals surface area contributed by atoms with Gasteiger partial charge in [-0.05, 0) is 55.7 Å². The van der Waals surface area contributed by atoms with Gasteiger partial charge < -0.3 is 15.5 Å². The van der Waals surface area contributed by atoms with Crippen LogP contribution in [0.5, 0.6) is 0 Å². The van der Waals surface area contributed by atoms with Gasteiger partial charge in [-0.25, -0.2) is 4.79 Å². The summed E-state index contributed by atoms with van der Waals surface area (Å²) in [6.45, 7) is 2.25. The van der Waals surface area contributed by atoms with Crippen LogP contribution in [0.4, 0.5) is 10.5 Å². The smallest absolute Gasteiger partial charge is 0.321 e. The van der Waals surface area contributed by atoms with E-state index in [4.69, 9.17) is 0 Å². The van der Waals surface area contributed by atoms with Gasteiger partial charge in [-0.3, -0.25) is 4.79 Å². The molecule has 2 fully saturated rings. The monoisotopic (exact) mass is 391 g/mol. The van der Waals surface area contributed by atoms with Crippen molar-refractivity contribution in [2.45, 2.75) is 37.5 Å². The fourth-order valence-corrected chi connectivity index (χ4v) is 4.24. The first-order valence-electron chi connectivity index (χ1n) is 10.6. The number of likely N-dealkylation sites (tertiary alicyclic amines) is 1. The normalized spacial score (nSPS) is 18.1. The second kappa shape index (κ2) is 8.68. The molecule has 29 heavy (non-hydrogen) atoms. The summed E-state index contributed by atoms with van der Waals surface area (Å²) in [5.74, 6) is 0.728. The molecular weight excluding hydrogens is 362 g/mol. The molecule has 0 unspecified atom stereocenters. The number of carbonyl (C=O) groups excluding carboxylic acids is 2. The molecule has 1 saturated carbocycles. The van der Waals surface area contributed by atoms with Gasteiger partial charge in [0.15, 0.2) is 0 Å². The van der Waals surface area contributed by atoms with Gasteiger partial charge in [0.25, 0.3) is 0 Å². The third kappa shape index (κ3) is 4.61. The summed E-state index contributed by atoms with van der Waals surface area (Å²) in [4.78, 5) is 27.0. The number of piperidine rings is 1. The number of anilines is 1. The second-order valence-electron chi connectivity index (χ2n) is 8.22. The Morgan fingerprint density at radius 1 is 0.931 bits per heavy atom. The zero-order valence-electron chi connectivity index (χ0n) is 16.8. The molecular formula is C24H29N3O2. The Balaban J connectivity index is 1.18. The van der Waals surface area contributed by atoms with Crippen molar-refractivity contribution in [2.24, 2.45) is 5.92 Å². The number of para-hydroxylation sites is 1. The molecule has 4 rings (SSSR count). The first-order chi connectivity index (χ1) is 14.2. The van der Waals surface area contributed by atoms with Gasteiger partial charge in [0, 0.05) is 25.3 Å². The van der Waals surface area contributed by atoms with Crippen molar-refractivity contribution >= 4 is 17.6 Å². The van der Waals surface area contributed by atoms with Crippen LogP contribution in [0.3, 0.4) is 0 Å². The average Bonchev–Trinajstić information content (AvgIpc) is 3.58. The minimum Gasteiger partial charge on any atom is -0.355 e. The Morgan fingerprint density at radius 2 is 1.55 bits per heavy atom. The summed E-state index contributed by atoms with van der Waals surface area (Å²) in [6, 6.07) is 19.7. The number of nitrogens with zero attached hydrogens (tertiary/aromatic N) is 1. The molecule has 2 N–H and O–H groups in total. The Bertz CT molecular complexity index is 826. The Morgan fingerprint density at radius 3 is 2.17 bits per heavy atom. The molecule has 152 valence electrons. The van der Waals surface area contributed by atoms with Crippen LogP contribution in [0.1, 0.15) is 37.7 Å². The molecule has 0 bridgehead atoms. The first kappa shape index (κ1) is 19.5. The molecule has 2 aromatic carbocycles. The van der Waals surface area contributed by atoms with Crippen molar-refractivity contribution in [3.63, 3.8) is 0 Å². The minimum absolute atomic E-state index is 0.0264. The van der Waals surface area contributed by atoms with Gasteiger partial charge in [0.2, 0.25) is 5.91 Å². The Labute approximate surface area is 172 Å². The van der Waals surface area contributed by atoms with Gasteiger partial charge in [-0.15, -0.1) is 0 Å². The van der Waals surface area contributed by atoms with Crippen LogP contribution >= 0.6 is 0 Å². The molecule has 0 radical (unpaired) electrons. The largest absolute Gasteiger partial charge is 0.355 e. The number of carbonyl (C=O) groups is 2. The van der Waals surface area contributed by atoms with Gasteiger partial charge in [0.05, 0.1) is 5.41 Å². The molecule has 1 saturated heterocycles. The molecule has 0 atom stereocenters. The van der Waals surface area contributed by atoms with Gasteiger partial charge in [-0.2, -0.15) is 0 Å². The Hall–Kier alpha value is -2.82. The topological polar surface area (TPSA) is 61.4 Å². The Kier molecular flexibility index (Phi) is 5.84. The molecule has 0 spiro atoms. The van der Waals surface area contributed by atoms with Crippen molar-refractivity contribution in [1.29, 1.82) is 0 Å². The van der Waals surface area contributed by atoms with E-state index in [0.29, 0.717) is 12.5 Å². The number of amides is 3. The lowest BCUT2D eigenvalue weighted by molar-refractivity contribution is -0.123. The fraction of sp³-hybridized carbons (Fsp3) is 0.417. The van der Waals surface area contributed by atoms with E-state index < -0.39 is 0 Å². The predicted molar refractivity (Wildman–Crippen MR) is 115 cm³/mol. The third-order valence-electron chi connectivity index (χ3n) is 6.28. The number of nitrogens with one attached hydrogen (secondary N) is 2. The van der Waals surface area contributed by atoms with E-state index in [1.165, 1.54) is 0 Å². The van der Waals surface area contributed by atoms with Crippen LogP contribution in [0.15, 0.2) is 60.7 Å². The van der Waals surface area contributed by atoms with Crippen molar-refractivity contribution in [3.8, 4) is 0 Å². The summed E-state index contributed by atoms with van der Waals surface area (Å²) in [5.41, 5.74) is 1.67. The lowest BCUT2D eigenvalue weighted by Gasteiger charge is -2.32. The molecule has 1 aliphatic carbocycles. The van der Waals surface area contributed by atoms with E-state index in [1.54, 1.807) is 0 Å². The first-order valence-corrected chi connectivity index (χ1v) is 10.6. The van der Waals surface area contributed by atoms with Gasteiger partial charge in [-0.1, -0.05) is 48.5 Å². The zero-order chi connectivity index (χ0) is 20.1. The van der Waals surface area contributed by atoms with Crippen LogP contribution in [0.25, 0.3) is 0 Å². The average molecular weight is 392 g/mol. The van der Waals surface area contributed by atoms with E-state index in [1.807, 2.05) is 53.4 Å². The van der Waals surface area contributed by atoms with Crippen molar-refractivity contribution in [2.75, 3.05) is 25.0 Å². The van der Waals surface area contributed by atoms with Crippen LogP contribution in [0, 0.1) is 5.92 Å². The van der Waals surface area contributed by atoms with Crippen LogP contribution in [-0.2, 0) is 10.2 Å². The van der Waals surface area contributed by atoms with Crippen LogP contribution < -0.4 is 10.6 Å². The fourth-order valence-electron chi connectivity index (χ4n) is 4.24. The molecule has 3 amide bonds. The third-order valence-corrected chi connectivity index (χ3v) is 6.28. The van der Waals surface area contributed by atoms with E-state index in [2.05, 4.69) is 22.8 Å². The quantitative estimate of drug-likeness (QED) is 0.776. The zero-order valence-corrected chi connectivity index (χ0v) is 16.8. The lowest BCUT2D eigenvalue weighted by atomic mass is 9.92. The van der Waals surface area contributed by atoms with Crippen LogP contribution in [-0.4, -0.2) is 36.5 Å². The number of hydrogen-bond acceptors (Lipinski definition) is 2. The van der Waals surface area contributed by atoms with Gasteiger partial charge in [0.1, 0.15) is 0 Å². The highest BCUT2D eigenvalue weighted by Gasteiger charge is 2.50. The summed E-state index contributed by atoms with van der Waals surface area (Å²) in [6.07, 6.45) is 4.84. The van der Waals surface area contributed by atoms with Crippen molar-refractivity contribution in [3.05, 3.63) is 66.2 Å². The summed E-state index contributed by atoms with van der Waals surface area (Å²) in [5, 5.41) is 6.12. The summed E-state index contributed by atoms with van der Waals surface area (Å²) in [7, 11) is 0. The molecule has 5 nitrogen and oxygen atoms in total. The van der Waals surface area contributed by atoms with Gasteiger partial charge >= 0.3 is 6.03 Å². The van der Waals surface area contributed by atoms with E-state index in [-0.39, 0.29) is 17.4 Å². The molecule has 2 aliphatic rings. The summed E-state index contributed by atoms with van der Waals surface area (Å²) >= 11 is 0. The maximum atomic E-state index is 12.7.